The number of nitrogens with zero attached hydrogens (tertiary/aromatic N) is 2. The molecule has 0 saturated heterocycles. The van der Waals surface area contributed by atoms with Crippen LogP contribution in [-0.4, -0.2) is 28.9 Å². The Morgan fingerprint density at radius 3 is 2.64 bits per heavy atom. The van der Waals surface area contributed by atoms with Gasteiger partial charge in [0.2, 0.25) is 0 Å². The maximum Gasteiger partial charge on any atom is 0.272 e. The molecule has 2 rings (SSSR count). The van der Waals surface area contributed by atoms with Gasteiger partial charge < -0.3 is 10.2 Å². The van der Waals surface area contributed by atoms with Crippen molar-refractivity contribution in [1.29, 1.82) is 0 Å². The van der Waals surface area contributed by atoms with Gasteiger partial charge in [-0.25, -0.2) is 0 Å². The van der Waals surface area contributed by atoms with Gasteiger partial charge in [-0.2, -0.15) is 0 Å². The topological polar surface area (TPSA) is 45.2 Å². The summed E-state index contributed by atoms with van der Waals surface area (Å²) in [4.78, 5) is 18.2. The molecule has 0 aliphatic carbocycles. The van der Waals surface area contributed by atoms with Crippen molar-refractivity contribution in [3.05, 3.63) is 52.3 Å². The first-order valence-corrected chi connectivity index (χ1v) is 7.78. The molecule has 4 nitrogen and oxygen atoms in total. The van der Waals surface area contributed by atoms with Crippen molar-refractivity contribution >= 4 is 40.5 Å². The van der Waals surface area contributed by atoms with Gasteiger partial charge in [-0.05, 0) is 38.1 Å². The van der Waals surface area contributed by atoms with Gasteiger partial charge in [-0.1, -0.05) is 29.3 Å². The molecule has 0 spiro atoms. The molecule has 0 atom stereocenters. The summed E-state index contributed by atoms with van der Waals surface area (Å²) in [5.41, 5.74) is 1.81. The van der Waals surface area contributed by atoms with Crippen LogP contribution in [0.25, 0.3) is 0 Å². The molecule has 2 aromatic rings. The monoisotopic (exact) mass is 337 g/mol. The largest absolute Gasteiger partial charge is 0.354 e. The van der Waals surface area contributed by atoms with Gasteiger partial charge in [0.15, 0.2) is 0 Å². The maximum absolute atomic E-state index is 12.3. The molecule has 0 saturated carbocycles. The third kappa shape index (κ3) is 3.70. The zero-order chi connectivity index (χ0) is 16.1. The van der Waals surface area contributed by atoms with Gasteiger partial charge in [0, 0.05) is 25.0 Å². The molecule has 1 aromatic carbocycles. The van der Waals surface area contributed by atoms with E-state index in [2.05, 4.69) is 10.3 Å². The van der Waals surface area contributed by atoms with Crippen LogP contribution in [0.3, 0.4) is 0 Å². The van der Waals surface area contributed by atoms with Crippen LogP contribution in [0.2, 0.25) is 10.0 Å². The highest BCUT2D eigenvalue weighted by molar-refractivity contribution is 6.43. The van der Waals surface area contributed by atoms with Crippen LogP contribution in [0.1, 0.15) is 24.3 Å². The number of amides is 1. The molecule has 1 N–H and O–H groups in total. The van der Waals surface area contributed by atoms with Crippen LogP contribution in [0.5, 0.6) is 0 Å². The van der Waals surface area contributed by atoms with E-state index in [1.807, 2.05) is 19.9 Å². The number of aromatic nitrogens is 1. The number of benzene rings is 1. The molecule has 22 heavy (non-hydrogen) atoms. The number of halogens is 2. The van der Waals surface area contributed by atoms with Crippen LogP contribution in [0.15, 0.2) is 36.5 Å². The number of rotatable bonds is 5. The van der Waals surface area contributed by atoms with E-state index in [-0.39, 0.29) is 5.91 Å². The van der Waals surface area contributed by atoms with E-state index in [0.717, 1.165) is 5.69 Å². The number of hydrogen-bond donors (Lipinski definition) is 1. The van der Waals surface area contributed by atoms with Gasteiger partial charge in [0.25, 0.3) is 5.91 Å². The highest BCUT2D eigenvalue weighted by Gasteiger charge is 2.14. The van der Waals surface area contributed by atoms with Gasteiger partial charge in [0.05, 0.1) is 15.7 Å². The predicted molar refractivity (Wildman–Crippen MR) is 91.2 cm³/mol. The Balaban J connectivity index is 2.25. The van der Waals surface area contributed by atoms with Gasteiger partial charge in [-0.3, -0.25) is 9.78 Å². The van der Waals surface area contributed by atoms with Crippen LogP contribution in [-0.2, 0) is 0 Å². The number of anilines is 2. The van der Waals surface area contributed by atoms with Gasteiger partial charge >= 0.3 is 0 Å². The number of pyridine rings is 1. The average Bonchev–Trinajstić information content (AvgIpc) is 2.53. The van der Waals surface area contributed by atoms with E-state index in [1.54, 1.807) is 35.4 Å². The summed E-state index contributed by atoms with van der Waals surface area (Å²) in [6, 6.07) is 8.82. The Labute approximate surface area is 140 Å². The number of carbonyl (C=O) groups excluding carboxylic acids is 1. The molecule has 6 heteroatoms. The van der Waals surface area contributed by atoms with Crippen molar-refractivity contribution in [2.45, 2.75) is 13.8 Å². The van der Waals surface area contributed by atoms with E-state index in [1.165, 1.54) is 0 Å². The van der Waals surface area contributed by atoms with Gasteiger partial charge in [-0.15, -0.1) is 0 Å². The second kappa shape index (κ2) is 7.47. The SMILES string of the molecule is CCN(CC)C(=O)c1cc(Nc2cccc(Cl)c2Cl)ccn1. The highest BCUT2D eigenvalue weighted by Crippen LogP contribution is 2.31. The van der Waals surface area contributed by atoms with Crippen LogP contribution >= 0.6 is 23.2 Å². The van der Waals surface area contributed by atoms with Crippen molar-refractivity contribution in [3.63, 3.8) is 0 Å². The lowest BCUT2D eigenvalue weighted by Crippen LogP contribution is -2.31. The molecular weight excluding hydrogens is 321 g/mol. The normalized spacial score (nSPS) is 10.4. The van der Waals surface area contributed by atoms with Crippen LogP contribution in [0, 0.1) is 0 Å². The fraction of sp³-hybridized carbons (Fsp3) is 0.250. The second-order valence-electron chi connectivity index (χ2n) is 4.63. The van der Waals surface area contributed by atoms with E-state index in [0.29, 0.717) is 34.5 Å². The highest BCUT2D eigenvalue weighted by atomic mass is 35.5. The third-order valence-electron chi connectivity index (χ3n) is 3.26. The minimum absolute atomic E-state index is 0.0918. The average molecular weight is 338 g/mol. The van der Waals surface area contributed by atoms with Crippen molar-refractivity contribution in [2.24, 2.45) is 0 Å². The lowest BCUT2D eigenvalue weighted by molar-refractivity contribution is 0.0767. The quantitative estimate of drug-likeness (QED) is 0.866. The molecule has 1 amide bonds. The first-order valence-electron chi connectivity index (χ1n) is 7.03. The summed E-state index contributed by atoms with van der Waals surface area (Å²) in [6.07, 6.45) is 1.59. The Morgan fingerprint density at radius 2 is 1.95 bits per heavy atom. The summed E-state index contributed by atoms with van der Waals surface area (Å²) in [5, 5.41) is 4.07. The van der Waals surface area contributed by atoms with E-state index >= 15 is 0 Å². The van der Waals surface area contributed by atoms with Crippen molar-refractivity contribution < 1.29 is 4.79 Å². The number of hydrogen-bond acceptors (Lipinski definition) is 3. The molecule has 0 radical (unpaired) electrons. The minimum Gasteiger partial charge on any atom is -0.354 e. The van der Waals surface area contributed by atoms with E-state index in [9.17, 15) is 4.79 Å². The zero-order valence-corrected chi connectivity index (χ0v) is 13.9. The minimum atomic E-state index is -0.0918. The van der Waals surface area contributed by atoms with Gasteiger partial charge in [0.1, 0.15) is 5.69 Å². The molecule has 1 aromatic heterocycles. The Hall–Kier alpha value is -1.78. The molecular formula is C16H17Cl2N3O. The Kier molecular flexibility index (Phi) is 5.63. The molecule has 116 valence electrons. The lowest BCUT2D eigenvalue weighted by atomic mass is 10.2. The summed E-state index contributed by atoms with van der Waals surface area (Å²) < 4.78 is 0. The zero-order valence-electron chi connectivity index (χ0n) is 12.4. The second-order valence-corrected chi connectivity index (χ2v) is 5.42. The predicted octanol–water partition coefficient (Wildman–Crippen LogP) is 4.61. The molecule has 1 heterocycles. The van der Waals surface area contributed by atoms with Crippen molar-refractivity contribution in [2.75, 3.05) is 18.4 Å². The van der Waals surface area contributed by atoms with Crippen LogP contribution < -0.4 is 5.32 Å². The Morgan fingerprint density at radius 1 is 1.23 bits per heavy atom. The van der Waals surface area contributed by atoms with Crippen LogP contribution in [0.4, 0.5) is 11.4 Å². The maximum atomic E-state index is 12.3. The van der Waals surface area contributed by atoms with Crippen molar-refractivity contribution in [1.82, 2.24) is 9.88 Å². The van der Waals surface area contributed by atoms with E-state index < -0.39 is 0 Å². The fourth-order valence-electron chi connectivity index (χ4n) is 2.05. The molecule has 0 unspecified atom stereocenters. The van der Waals surface area contributed by atoms with Crippen molar-refractivity contribution in [3.8, 4) is 0 Å². The lowest BCUT2D eigenvalue weighted by Gasteiger charge is -2.18. The third-order valence-corrected chi connectivity index (χ3v) is 4.08. The summed E-state index contributed by atoms with van der Waals surface area (Å²) >= 11 is 12.2. The fourth-order valence-corrected chi connectivity index (χ4v) is 2.40. The number of nitrogens with one attached hydrogen (secondary N) is 1. The molecule has 0 aliphatic rings. The first-order chi connectivity index (χ1) is 10.6. The molecule has 0 aliphatic heterocycles. The first kappa shape index (κ1) is 16.6. The standard InChI is InChI=1S/C16H17Cl2N3O/c1-3-21(4-2)16(22)14-10-11(8-9-19-14)20-13-7-5-6-12(17)15(13)18/h5-10H,3-4H2,1-2H3,(H,19,20). The van der Waals surface area contributed by atoms with E-state index in [4.69, 9.17) is 23.2 Å². The number of carbonyl (C=O) groups is 1. The molecule has 0 bridgehead atoms. The summed E-state index contributed by atoms with van der Waals surface area (Å²) in [5.74, 6) is -0.0918. The smallest absolute Gasteiger partial charge is 0.272 e. The summed E-state index contributed by atoms with van der Waals surface area (Å²) in [7, 11) is 0. The molecule has 0 fully saturated rings. The Bertz CT molecular complexity index is 672. The summed E-state index contributed by atoms with van der Waals surface area (Å²) in [6.45, 7) is 5.17.